The number of nitrogens with one attached hydrogen (secondary N) is 2. The number of aromatic amines is 1. The summed E-state index contributed by atoms with van der Waals surface area (Å²) in [4.78, 5) is 24.3. The Morgan fingerprint density at radius 3 is 2.77 bits per heavy atom. The van der Waals surface area contributed by atoms with Gasteiger partial charge in [-0.15, -0.1) is 0 Å². The van der Waals surface area contributed by atoms with Gasteiger partial charge < -0.3 is 25.5 Å². The van der Waals surface area contributed by atoms with Gasteiger partial charge in [0.05, 0.1) is 12.1 Å². The quantitative estimate of drug-likeness (QED) is 0.439. The second-order valence-corrected chi connectivity index (χ2v) is 7.52. The highest BCUT2D eigenvalue weighted by atomic mass is 16.5. The number of hydrogen-bond donors (Lipinski definition) is 3. The summed E-state index contributed by atoms with van der Waals surface area (Å²) in [5.41, 5.74) is 9.53. The Morgan fingerprint density at radius 2 is 2.07 bits per heavy atom. The number of aromatic nitrogens is 3. The Balaban J connectivity index is 1.97. The van der Waals surface area contributed by atoms with Gasteiger partial charge in [-0.3, -0.25) is 4.79 Å². The zero-order valence-electron chi connectivity index (χ0n) is 18.2. The van der Waals surface area contributed by atoms with E-state index in [0.29, 0.717) is 32.2 Å². The monoisotopic (exact) mass is 413 g/mol. The number of fused-ring (bicyclic) bond motifs is 3. The van der Waals surface area contributed by atoms with Crippen LogP contribution in [-0.2, 0) is 22.6 Å². The molecule has 0 saturated heterocycles. The molecule has 0 aliphatic heterocycles. The first-order valence-electron chi connectivity index (χ1n) is 10.5. The zero-order chi connectivity index (χ0) is 21.7. The predicted molar refractivity (Wildman–Crippen MR) is 118 cm³/mol. The minimum atomic E-state index is -0.0447. The highest BCUT2D eigenvalue weighted by Crippen LogP contribution is 2.34. The average molecular weight is 414 g/mol. The van der Waals surface area contributed by atoms with Crippen LogP contribution < -0.4 is 15.8 Å². The lowest BCUT2D eigenvalue weighted by atomic mass is 10.0. The molecule has 8 heteroatoms. The number of ether oxygens (including phenoxy) is 2. The minimum Gasteiger partial charge on any atom is -0.491 e. The highest BCUT2D eigenvalue weighted by Gasteiger charge is 2.18. The van der Waals surface area contributed by atoms with Crippen molar-refractivity contribution in [3.63, 3.8) is 0 Å². The first-order chi connectivity index (χ1) is 14.5. The van der Waals surface area contributed by atoms with Crippen LogP contribution in [0.2, 0.25) is 0 Å². The van der Waals surface area contributed by atoms with Crippen molar-refractivity contribution in [1.29, 1.82) is 0 Å². The number of hydrogen-bond acceptors (Lipinski definition) is 6. The van der Waals surface area contributed by atoms with Crippen LogP contribution in [0.25, 0.3) is 21.9 Å². The third kappa shape index (κ3) is 4.64. The fourth-order valence-electron chi connectivity index (χ4n) is 3.39. The second-order valence-electron chi connectivity index (χ2n) is 7.52. The van der Waals surface area contributed by atoms with E-state index >= 15 is 0 Å². The summed E-state index contributed by atoms with van der Waals surface area (Å²) in [5.74, 6) is 1.89. The number of amides is 1. The van der Waals surface area contributed by atoms with Gasteiger partial charge >= 0.3 is 0 Å². The van der Waals surface area contributed by atoms with Crippen molar-refractivity contribution in [1.82, 2.24) is 20.3 Å². The van der Waals surface area contributed by atoms with Crippen LogP contribution in [0, 0.1) is 5.92 Å². The SMILES string of the molecule is CCCc1c(OCCNC(=O)C(C)C)ccc2nc(N)c3[nH]c(COCC)nc3c12. The lowest BCUT2D eigenvalue weighted by Crippen LogP contribution is -2.31. The van der Waals surface area contributed by atoms with Crippen LogP contribution in [0.5, 0.6) is 5.75 Å². The van der Waals surface area contributed by atoms with Crippen LogP contribution in [-0.4, -0.2) is 40.6 Å². The van der Waals surface area contributed by atoms with Crippen LogP contribution >= 0.6 is 0 Å². The molecule has 2 heterocycles. The zero-order valence-corrected chi connectivity index (χ0v) is 18.2. The van der Waals surface area contributed by atoms with Gasteiger partial charge in [0.1, 0.15) is 41.6 Å². The summed E-state index contributed by atoms with van der Waals surface area (Å²) in [5, 5.41) is 3.82. The van der Waals surface area contributed by atoms with Crippen molar-refractivity contribution < 1.29 is 14.3 Å². The van der Waals surface area contributed by atoms with Gasteiger partial charge in [0.15, 0.2) is 0 Å². The number of pyridine rings is 1. The highest BCUT2D eigenvalue weighted by molar-refractivity contribution is 6.08. The molecule has 1 amide bonds. The van der Waals surface area contributed by atoms with Gasteiger partial charge in [-0.1, -0.05) is 27.2 Å². The number of carbonyl (C=O) groups excluding carboxylic acids is 1. The van der Waals surface area contributed by atoms with E-state index < -0.39 is 0 Å². The normalized spacial score (nSPS) is 11.5. The lowest BCUT2D eigenvalue weighted by Gasteiger charge is -2.15. The molecule has 0 fully saturated rings. The second kappa shape index (κ2) is 9.75. The van der Waals surface area contributed by atoms with Gasteiger partial charge in [0.25, 0.3) is 0 Å². The summed E-state index contributed by atoms with van der Waals surface area (Å²) in [6.07, 6.45) is 1.76. The summed E-state index contributed by atoms with van der Waals surface area (Å²) in [6, 6.07) is 3.83. The fraction of sp³-hybridized carbons (Fsp3) is 0.500. The molecule has 3 rings (SSSR count). The number of H-pyrrole nitrogens is 1. The van der Waals surface area contributed by atoms with Crippen molar-refractivity contribution in [3.8, 4) is 5.75 Å². The molecule has 3 aromatic rings. The molecular weight excluding hydrogens is 382 g/mol. The first-order valence-corrected chi connectivity index (χ1v) is 10.5. The minimum absolute atomic E-state index is 0.0191. The van der Waals surface area contributed by atoms with Gasteiger partial charge in [-0.25, -0.2) is 9.97 Å². The molecule has 0 aliphatic rings. The number of nitrogens with zero attached hydrogens (tertiary/aromatic N) is 2. The Hall–Kier alpha value is -2.87. The van der Waals surface area contributed by atoms with E-state index in [4.69, 9.17) is 20.2 Å². The van der Waals surface area contributed by atoms with Gasteiger partial charge in [-0.05, 0) is 25.5 Å². The molecule has 162 valence electrons. The van der Waals surface area contributed by atoms with E-state index in [0.717, 1.165) is 51.9 Å². The molecule has 2 aromatic heterocycles. The fourth-order valence-corrected chi connectivity index (χ4v) is 3.39. The van der Waals surface area contributed by atoms with E-state index in [-0.39, 0.29) is 11.8 Å². The largest absolute Gasteiger partial charge is 0.491 e. The van der Waals surface area contributed by atoms with Gasteiger partial charge in [-0.2, -0.15) is 0 Å². The average Bonchev–Trinajstić information content (AvgIpc) is 3.15. The number of aryl methyl sites for hydroxylation is 1. The summed E-state index contributed by atoms with van der Waals surface area (Å²) in [7, 11) is 0. The molecule has 0 bridgehead atoms. The number of imidazole rings is 1. The first kappa shape index (κ1) is 21.8. The molecule has 0 atom stereocenters. The molecule has 0 saturated carbocycles. The maximum atomic E-state index is 11.7. The van der Waals surface area contributed by atoms with Crippen molar-refractivity contribution in [2.24, 2.45) is 5.92 Å². The Kier molecular flexibility index (Phi) is 7.10. The van der Waals surface area contributed by atoms with Crippen LogP contribution in [0.1, 0.15) is 45.5 Å². The van der Waals surface area contributed by atoms with E-state index in [9.17, 15) is 4.79 Å². The smallest absolute Gasteiger partial charge is 0.222 e. The third-order valence-corrected chi connectivity index (χ3v) is 4.86. The Labute approximate surface area is 176 Å². The molecule has 30 heavy (non-hydrogen) atoms. The third-order valence-electron chi connectivity index (χ3n) is 4.86. The molecule has 4 N–H and O–H groups in total. The van der Waals surface area contributed by atoms with Gasteiger partial charge in [0, 0.05) is 23.5 Å². The van der Waals surface area contributed by atoms with E-state index in [2.05, 4.69) is 22.2 Å². The van der Waals surface area contributed by atoms with Crippen molar-refractivity contribution in [2.75, 3.05) is 25.5 Å². The van der Waals surface area contributed by atoms with Gasteiger partial charge in [0.2, 0.25) is 5.91 Å². The summed E-state index contributed by atoms with van der Waals surface area (Å²) in [6.45, 7) is 9.65. The van der Waals surface area contributed by atoms with E-state index in [1.54, 1.807) is 0 Å². The number of benzene rings is 1. The molecule has 0 spiro atoms. The van der Waals surface area contributed by atoms with Crippen LogP contribution in [0.4, 0.5) is 5.82 Å². The Morgan fingerprint density at radius 1 is 1.27 bits per heavy atom. The van der Waals surface area contributed by atoms with Crippen molar-refractivity contribution in [2.45, 2.75) is 47.1 Å². The topological polar surface area (TPSA) is 115 Å². The Bertz CT molecular complexity index is 1030. The maximum Gasteiger partial charge on any atom is 0.222 e. The molecule has 0 radical (unpaired) electrons. The van der Waals surface area contributed by atoms with Crippen molar-refractivity contribution >= 4 is 33.7 Å². The number of nitrogen functional groups attached to an aromatic ring is 1. The molecule has 0 aliphatic carbocycles. The number of rotatable bonds is 10. The summed E-state index contributed by atoms with van der Waals surface area (Å²) < 4.78 is 11.5. The number of anilines is 1. The molecule has 8 nitrogen and oxygen atoms in total. The standard InChI is InChI=1S/C22H31N5O3/c1-5-7-14-16(30-11-10-24-22(28)13(3)4)9-8-15-18(14)19-20(21(23)25-15)27-17(26-19)12-29-6-2/h8-9,13H,5-7,10-12H2,1-4H3,(H2,23,25)(H,24,28)(H,26,27). The number of carbonyl (C=O) groups is 1. The van der Waals surface area contributed by atoms with Crippen molar-refractivity contribution in [3.05, 3.63) is 23.5 Å². The van der Waals surface area contributed by atoms with Crippen LogP contribution in [0.15, 0.2) is 12.1 Å². The number of nitrogens with two attached hydrogens (primary N) is 1. The molecule has 0 unspecified atom stereocenters. The lowest BCUT2D eigenvalue weighted by molar-refractivity contribution is -0.124. The van der Waals surface area contributed by atoms with Crippen LogP contribution in [0.3, 0.4) is 0 Å². The predicted octanol–water partition coefficient (Wildman–Crippen LogP) is 3.33. The molecule has 1 aromatic carbocycles. The molecular formula is C22H31N5O3. The summed E-state index contributed by atoms with van der Waals surface area (Å²) >= 11 is 0. The van der Waals surface area contributed by atoms with E-state index in [1.165, 1.54) is 0 Å². The maximum absolute atomic E-state index is 11.7. The van der Waals surface area contributed by atoms with E-state index in [1.807, 2.05) is 32.9 Å².